The van der Waals surface area contributed by atoms with E-state index in [0.29, 0.717) is 56.6 Å². The predicted octanol–water partition coefficient (Wildman–Crippen LogP) is 5.45. The zero-order valence-electron chi connectivity index (χ0n) is 45.0. The molecule has 0 spiro atoms. The van der Waals surface area contributed by atoms with Crippen LogP contribution in [0, 0.1) is 29.6 Å². The van der Waals surface area contributed by atoms with E-state index in [9.17, 15) is 33.1 Å². The van der Waals surface area contributed by atoms with Crippen molar-refractivity contribution in [1.29, 1.82) is 0 Å². The lowest BCUT2D eigenvalue weighted by Crippen LogP contribution is -2.57. The Morgan fingerprint density at radius 1 is 0.923 bits per heavy atom. The summed E-state index contributed by atoms with van der Waals surface area (Å²) in [7, 11) is 0. The quantitative estimate of drug-likeness (QED) is 0.0435. The molecule has 2 saturated heterocycles. The lowest BCUT2D eigenvalue weighted by atomic mass is 9.85. The van der Waals surface area contributed by atoms with E-state index in [1.54, 1.807) is 24.5 Å². The van der Waals surface area contributed by atoms with Crippen molar-refractivity contribution in [2.75, 3.05) is 84.4 Å². The molecule has 2 aliphatic heterocycles. The fraction of sp³-hybridized carbons (Fsp3) is 0.554. The van der Waals surface area contributed by atoms with Crippen molar-refractivity contribution < 1.29 is 52.0 Å². The third kappa shape index (κ3) is 13.0. The average molecular weight is 1100 g/mol. The number of benzene rings is 2. The molecule has 5 heterocycles. The molecule has 22 heteroatoms. The van der Waals surface area contributed by atoms with Crippen molar-refractivity contribution in [3.63, 3.8) is 0 Å². The van der Waals surface area contributed by atoms with Gasteiger partial charge in [-0.1, -0.05) is 82.3 Å². The number of nitrogens with one attached hydrogen (secondary N) is 4. The molecule has 4 amide bonds. The van der Waals surface area contributed by atoms with E-state index in [1.165, 1.54) is 4.90 Å². The Bertz CT molecular complexity index is 2850. The highest BCUT2D eigenvalue weighted by molar-refractivity contribution is 7.13. The summed E-state index contributed by atoms with van der Waals surface area (Å²) in [5, 5.41) is 31.0. The molecule has 78 heavy (non-hydrogen) atoms. The second-order valence-corrected chi connectivity index (χ2v) is 23.0. The van der Waals surface area contributed by atoms with Gasteiger partial charge in [0.1, 0.15) is 12.1 Å². The number of rotatable bonds is 26. The van der Waals surface area contributed by atoms with Crippen molar-refractivity contribution in [2.45, 2.75) is 97.0 Å². The van der Waals surface area contributed by atoms with Gasteiger partial charge in [0.15, 0.2) is 5.69 Å². The number of hydrogen-bond donors (Lipinski definition) is 5. The van der Waals surface area contributed by atoms with Crippen molar-refractivity contribution in [1.82, 2.24) is 45.4 Å². The number of aliphatic hydroxyl groups excluding tert-OH is 1. The second-order valence-electron chi connectivity index (χ2n) is 22.2. The number of thiazole rings is 1. The zero-order chi connectivity index (χ0) is 55.2. The molecular formula is C56H72F2N10O9S. The summed E-state index contributed by atoms with van der Waals surface area (Å²) in [6.45, 7) is 14.6. The summed E-state index contributed by atoms with van der Waals surface area (Å²) in [6, 6.07) is 16.1. The zero-order valence-corrected chi connectivity index (χ0v) is 45.8. The third-order valence-corrected chi connectivity index (χ3v) is 16.6. The van der Waals surface area contributed by atoms with Crippen LogP contribution < -0.4 is 16.0 Å². The number of likely N-dealkylation sites (tertiary alicyclic amines) is 2. The Labute approximate surface area is 457 Å². The number of nitrogens with zero attached hydrogens (tertiary/aromatic N) is 6. The van der Waals surface area contributed by atoms with Crippen LogP contribution in [-0.4, -0.2) is 167 Å². The number of fused-ring (bicyclic) bond motifs is 2. The molecule has 2 aromatic carbocycles. The number of hydrogen-bond acceptors (Lipinski definition) is 14. The van der Waals surface area contributed by atoms with Gasteiger partial charge in [-0.3, -0.25) is 29.0 Å². The Morgan fingerprint density at radius 2 is 1.60 bits per heavy atom. The van der Waals surface area contributed by atoms with Crippen molar-refractivity contribution in [2.24, 2.45) is 22.7 Å². The maximum atomic E-state index is 14.5. The lowest BCUT2D eigenvalue weighted by Gasteiger charge is -2.43. The first-order valence-electron chi connectivity index (χ1n) is 26.8. The lowest BCUT2D eigenvalue weighted by molar-refractivity contribution is -0.144. The molecule has 4 aliphatic rings. The maximum absolute atomic E-state index is 14.5. The van der Waals surface area contributed by atoms with Gasteiger partial charge in [-0.2, -0.15) is 10.2 Å². The van der Waals surface area contributed by atoms with E-state index >= 15 is 0 Å². The van der Waals surface area contributed by atoms with Gasteiger partial charge in [0, 0.05) is 86.7 Å². The molecule has 5 N–H and O–H groups in total. The van der Waals surface area contributed by atoms with Gasteiger partial charge in [0.05, 0.1) is 93.0 Å². The highest BCUT2D eigenvalue weighted by Crippen LogP contribution is 2.70. The molecule has 2 aliphatic carbocycles. The number of aromatic amines is 1. The molecule has 420 valence electrons. The monoisotopic (exact) mass is 1100 g/mol. The topological polar surface area (TPSA) is 227 Å². The van der Waals surface area contributed by atoms with E-state index < -0.39 is 52.7 Å². The van der Waals surface area contributed by atoms with Crippen LogP contribution in [0.2, 0.25) is 0 Å². The molecule has 0 bridgehead atoms. The van der Waals surface area contributed by atoms with Gasteiger partial charge in [0.25, 0.3) is 11.8 Å². The average Bonchev–Trinajstić information content (AvgIpc) is 4.13. The molecule has 5 aromatic rings. The van der Waals surface area contributed by atoms with E-state index in [-0.39, 0.29) is 81.5 Å². The SMILES string of the molecule is Cc1ncsc1-c1ccc(CNC(=O)[C@@H]2C[C@@H](O)CN2C(=O)C(NC(=O)CCOCCOCCOCCOCCN2CC(C(c3ccccc3)n3cc(NC(=O)c4n[nH]c5c4C[C@@H]4C(F)(F)[C@]4(C)C5)cn3)C2)C(C)(C)C)cc1. The number of carbonyl (C=O) groups excluding carboxylic acids is 4. The number of anilines is 1. The number of aryl methyl sites for hydroxylation is 1. The van der Waals surface area contributed by atoms with Gasteiger partial charge in [-0.05, 0) is 35.4 Å². The summed E-state index contributed by atoms with van der Waals surface area (Å²) in [4.78, 5) is 63.0. The molecule has 1 saturated carbocycles. The summed E-state index contributed by atoms with van der Waals surface area (Å²) in [5.41, 5.74) is 5.87. The number of aliphatic hydroxyl groups is 1. The number of halogens is 2. The van der Waals surface area contributed by atoms with Crippen LogP contribution in [0.4, 0.5) is 14.5 Å². The van der Waals surface area contributed by atoms with Crippen LogP contribution in [0.5, 0.6) is 0 Å². The first-order valence-corrected chi connectivity index (χ1v) is 27.7. The molecular weight excluding hydrogens is 1030 g/mol. The minimum atomic E-state index is -2.75. The van der Waals surface area contributed by atoms with Crippen LogP contribution >= 0.6 is 11.3 Å². The molecule has 0 radical (unpaired) electrons. The largest absolute Gasteiger partial charge is 0.391 e. The smallest absolute Gasteiger partial charge is 0.276 e. The highest BCUT2D eigenvalue weighted by atomic mass is 32.1. The molecule has 6 atom stereocenters. The van der Waals surface area contributed by atoms with Gasteiger partial charge in [0.2, 0.25) is 17.7 Å². The summed E-state index contributed by atoms with van der Waals surface area (Å²) < 4.78 is 53.6. The Hall–Kier alpha value is -6.01. The number of H-pyrrole nitrogens is 1. The highest BCUT2D eigenvalue weighted by Gasteiger charge is 2.78. The number of carbonyl (C=O) groups is 4. The number of alkyl halides is 2. The van der Waals surface area contributed by atoms with E-state index in [1.807, 2.05) is 86.5 Å². The second kappa shape index (κ2) is 24.6. The van der Waals surface area contributed by atoms with E-state index in [4.69, 9.17) is 18.9 Å². The minimum Gasteiger partial charge on any atom is -0.391 e. The van der Waals surface area contributed by atoms with Gasteiger partial charge >= 0.3 is 0 Å². The minimum absolute atomic E-state index is 0.0120. The molecule has 19 nitrogen and oxygen atoms in total. The number of aromatic nitrogens is 5. The van der Waals surface area contributed by atoms with Gasteiger partial charge in [-0.15, -0.1) is 11.3 Å². The number of β-amino-alcohol motifs (C(OH)–C–C–N with tert-alkyl or cyclic N) is 1. The molecule has 2 unspecified atom stereocenters. The fourth-order valence-electron chi connectivity index (χ4n) is 11.0. The standard InChI is InChI=1S/C56H72F2N10O9S/c1-35-49(78-34-60-35)38-13-11-36(12-14-38)28-59-51(71)44-25-41(69)33-67(44)53(73)50(54(2,3)4)63-46(70)15-17-74-19-21-76-23-24-77-22-20-75-18-16-66-30-39(31-66)48(37-9-7-6-8-10-37)68-32-40(29-61-68)62-52(72)47-42-26-45-55(5,56(45,57)58)27-43(42)64-65-47/h6-14,29,32,34,39,41,44-45,48,50,69H,15-28,30-31,33H2,1-5H3,(H,59,71)(H,62,72)(H,63,70)(H,64,65)/t41-,44+,45+,48?,50?,55-/m1/s1. The Balaban J connectivity index is 0.609. The fourth-order valence-corrected chi connectivity index (χ4v) is 11.8. The van der Waals surface area contributed by atoms with Crippen molar-refractivity contribution >= 4 is 40.7 Å². The predicted molar refractivity (Wildman–Crippen MR) is 287 cm³/mol. The Morgan fingerprint density at radius 3 is 2.27 bits per heavy atom. The number of amides is 4. The molecule has 3 fully saturated rings. The summed E-state index contributed by atoms with van der Waals surface area (Å²) in [6.07, 6.45) is 2.95. The van der Waals surface area contributed by atoms with Crippen LogP contribution in [0.1, 0.15) is 85.1 Å². The molecule has 9 rings (SSSR count). The third-order valence-electron chi connectivity index (χ3n) is 15.6. The first-order chi connectivity index (χ1) is 37.4. The van der Waals surface area contributed by atoms with Crippen LogP contribution in [0.15, 0.2) is 72.5 Å². The van der Waals surface area contributed by atoms with Gasteiger partial charge in [-0.25, -0.2) is 13.8 Å². The summed E-state index contributed by atoms with van der Waals surface area (Å²) >= 11 is 1.57. The molecule has 3 aromatic heterocycles. The van der Waals surface area contributed by atoms with Crippen molar-refractivity contribution in [3.8, 4) is 10.4 Å². The summed E-state index contributed by atoms with van der Waals surface area (Å²) in [5.74, 6) is -4.89. The van der Waals surface area contributed by atoms with Crippen LogP contribution in [-0.2, 0) is 52.7 Å². The van der Waals surface area contributed by atoms with Crippen LogP contribution in [0.3, 0.4) is 0 Å². The van der Waals surface area contributed by atoms with Gasteiger partial charge < -0.3 is 49.8 Å². The van der Waals surface area contributed by atoms with Crippen molar-refractivity contribution in [3.05, 3.63) is 106 Å². The van der Waals surface area contributed by atoms with E-state index in [2.05, 4.69) is 53.3 Å². The van der Waals surface area contributed by atoms with E-state index in [0.717, 1.165) is 46.9 Å². The number of ether oxygens (including phenoxy) is 4. The Kier molecular flexibility index (Phi) is 17.9. The first kappa shape index (κ1) is 56.7. The maximum Gasteiger partial charge on any atom is 0.276 e. The normalized spacial score (nSPS) is 21.5. The van der Waals surface area contributed by atoms with Crippen LogP contribution in [0.25, 0.3) is 10.4 Å².